The Hall–Kier alpha value is -3.08. The van der Waals surface area contributed by atoms with Crippen LogP contribution >= 0.6 is 0 Å². The van der Waals surface area contributed by atoms with Gasteiger partial charge in [-0.15, -0.1) is 0 Å². The molecule has 0 aromatic heterocycles. The molecular weight excluding hydrogens is 351 g/mol. The summed E-state index contributed by atoms with van der Waals surface area (Å²) >= 11 is 0. The number of hydrogen-bond donors (Lipinski definition) is 1. The van der Waals surface area contributed by atoms with Gasteiger partial charge in [0.2, 0.25) is 5.91 Å². The third-order valence-corrected chi connectivity index (χ3v) is 4.22. The molecule has 0 aliphatic heterocycles. The summed E-state index contributed by atoms with van der Waals surface area (Å²) in [6.45, 7) is 0. The molecule has 0 aliphatic carbocycles. The van der Waals surface area contributed by atoms with Crippen LogP contribution in [0.25, 0.3) is 0 Å². The van der Waals surface area contributed by atoms with Crippen LogP contribution in [0.3, 0.4) is 0 Å². The first kappa shape index (κ1) is 18.7. The van der Waals surface area contributed by atoms with Crippen LogP contribution in [0.4, 0.5) is 13.2 Å². The topological polar surface area (TPSA) is 29.1 Å². The van der Waals surface area contributed by atoms with Crippen molar-refractivity contribution in [1.82, 2.24) is 5.32 Å². The average molecular weight is 369 g/mol. The Kier molecular flexibility index (Phi) is 5.60. The lowest BCUT2D eigenvalue weighted by Gasteiger charge is -2.20. The van der Waals surface area contributed by atoms with Crippen LogP contribution in [-0.4, -0.2) is 5.91 Å². The molecule has 3 aromatic carbocycles. The van der Waals surface area contributed by atoms with Gasteiger partial charge in [-0.3, -0.25) is 4.79 Å². The molecule has 0 unspecified atom stereocenters. The summed E-state index contributed by atoms with van der Waals surface area (Å²) in [5, 5.41) is 2.98. The Bertz CT molecular complexity index is 835. The number of nitrogens with one attached hydrogen (secondary N) is 1. The van der Waals surface area contributed by atoms with Gasteiger partial charge in [-0.25, -0.2) is 0 Å². The van der Waals surface area contributed by atoms with Crippen molar-refractivity contribution in [2.24, 2.45) is 0 Å². The Labute approximate surface area is 155 Å². The molecule has 3 rings (SSSR count). The first-order chi connectivity index (χ1) is 12.9. The van der Waals surface area contributed by atoms with Gasteiger partial charge in [-0.1, -0.05) is 72.8 Å². The van der Waals surface area contributed by atoms with Gasteiger partial charge in [0.1, 0.15) is 0 Å². The van der Waals surface area contributed by atoms with Crippen molar-refractivity contribution in [2.75, 3.05) is 0 Å². The van der Waals surface area contributed by atoms with Crippen LogP contribution in [0.2, 0.25) is 0 Å². The summed E-state index contributed by atoms with van der Waals surface area (Å²) in [6, 6.07) is 23.4. The second kappa shape index (κ2) is 8.08. The molecule has 0 saturated carbocycles. The summed E-state index contributed by atoms with van der Waals surface area (Å²) in [7, 11) is 0. The van der Waals surface area contributed by atoms with Crippen molar-refractivity contribution in [1.29, 1.82) is 0 Å². The molecule has 2 nitrogen and oxygen atoms in total. The van der Waals surface area contributed by atoms with E-state index in [1.165, 1.54) is 12.1 Å². The molecule has 0 heterocycles. The summed E-state index contributed by atoms with van der Waals surface area (Å²) in [5.74, 6) is -0.257. The fraction of sp³-hybridized carbons (Fsp3) is 0.136. The molecule has 0 atom stereocenters. The van der Waals surface area contributed by atoms with E-state index in [0.29, 0.717) is 5.56 Å². The van der Waals surface area contributed by atoms with Crippen LogP contribution in [0, 0.1) is 0 Å². The van der Waals surface area contributed by atoms with Crippen molar-refractivity contribution in [2.45, 2.75) is 18.6 Å². The second-order valence-corrected chi connectivity index (χ2v) is 6.19. The predicted molar refractivity (Wildman–Crippen MR) is 98.0 cm³/mol. The lowest BCUT2D eigenvalue weighted by Crippen LogP contribution is -2.30. The number of benzene rings is 3. The molecular formula is C22H18F3NO. The fourth-order valence-electron chi connectivity index (χ4n) is 2.86. The van der Waals surface area contributed by atoms with E-state index in [2.05, 4.69) is 5.32 Å². The Morgan fingerprint density at radius 2 is 1.26 bits per heavy atom. The number of alkyl halides is 3. The maximum atomic E-state index is 12.7. The number of hydrogen-bond acceptors (Lipinski definition) is 1. The van der Waals surface area contributed by atoms with Gasteiger partial charge >= 0.3 is 6.18 Å². The zero-order valence-corrected chi connectivity index (χ0v) is 14.4. The molecule has 138 valence electrons. The molecule has 5 heteroatoms. The van der Waals surface area contributed by atoms with Gasteiger partial charge in [0.05, 0.1) is 18.0 Å². The number of rotatable bonds is 5. The maximum absolute atomic E-state index is 12.7. The van der Waals surface area contributed by atoms with Gasteiger partial charge in [-0.2, -0.15) is 13.2 Å². The molecule has 0 saturated heterocycles. The quantitative estimate of drug-likeness (QED) is 0.662. The highest BCUT2D eigenvalue weighted by Gasteiger charge is 2.30. The fourth-order valence-corrected chi connectivity index (χ4v) is 2.86. The van der Waals surface area contributed by atoms with Crippen molar-refractivity contribution >= 4 is 5.91 Å². The molecule has 3 aromatic rings. The van der Waals surface area contributed by atoms with E-state index >= 15 is 0 Å². The van der Waals surface area contributed by atoms with Gasteiger partial charge in [0.15, 0.2) is 0 Å². The Balaban J connectivity index is 1.75. The lowest BCUT2D eigenvalue weighted by atomic mass is 9.98. The second-order valence-electron chi connectivity index (χ2n) is 6.19. The van der Waals surface area contributed by atoms with Gasteiger partial charge in [0, 0.05) is 0 Å². The van der Waals surface area contributed by atoms with Crippen LogP contribution < -0.4 is 5.32 Å². The van der Waals surface area contributed by atoms with Crippen molar-refractivity contribution in [3.8, 4) is 0 Å². The van der Waals surface area contributed by atoms with E-state index in [4.69, 9.17) is 0 Å². The standard InChI is InChI=1S/C22H18F3NO/c23-22(24,25)19-13-11-16(12-14-19)15-20(27)26-21(17-7-3-1-4-8-17)18-9-5-2-6-10-18/h1-14,21H,15H2,(H,26,27). The molecule has 0 radical (unpaired) electrons. The summed E-state index contributed by atoms with van der Waals surface area (Å²) < 4.78 is 38.0. The zero-order chi connectivity index (χ0) is 19.3. The van der Waals surface area contributed by atoms with Crippen molar-refractivity contribution < 1.29 is 18.0 Å². The van der Waals surface area contributed by atoms with Crippen molar-refractivity contribution in [3.63, 3.8) is 0 Å². The van der Waals surface area contributed by atoms with Gasteiger partial charge in [0.25, 0.3) is 0 Å². The van der Waals surface area contributed by atoms with Gasteiger partial charge in [-0.05, 0) is 28.8 Å². The van der Waals surface area contributed by atoms with Crippen LogP contribution in [0.5, 0.6) is 0 Å². The first-order valence-electron chi connectivity index (χ1n) is 8.49. The smallest absolute Gasteiger partial charge is 0.345 e. The first-order valence-corrected chi connectivity index (χ1v) is 8.49. The molecule has 27 heavy (non-hydrogen) atoms. The van der Waals surface area contributed by atoms with Crippen LogP contribution in [-0.2, 0) is 17.4 Å². The number of carbonyl (C=O) groups is 1. The van der Waals surface area contributed by atoms with Crippen LogP contribution in [0.15, 0.2) is 84.9 Å². The minimum Gasteiger partial charge on any atom is -0.345 e. The Morgan fingerprint density at radius 1 is 0.778 bits per heavy atom. The maximum Gasteiger partial charge on any atom is 0.416 e. The number of halogens is 3. The van der Waals surface area contributed by atoms with E-state index in [9.17, 15) is 18.0 Å². The summed E-state index contributed by atoms with van der Waals surface area (Å²) in [4.78, 5) is 12.5. The van der Waals surface area contributed by atoms with E-state index in [-0.39, 0.29) is 18.4 Å². The largest absolute Gasteiger partial charge is 0.416 e. The van der Waals surface area contributed by atoms with E-state index in [0.717, 1.165) is 23.3 Å². The molecule has 0 fully saturated rings. The van der Waals surface area contributed by atoms with Crippen molar-refractivity contribution in [3.05, 3.63) is 107 Å². The Morgan fingerprint density at radius 3 is 1.70 bits per heavy atom. The average Bonchev–Trinajstić information content (AvgIpc) is 2.67. The normalized spacial score (nSPS) is 11.4. The molecule has 1 amide bonds. The summed E-state index contributed by atoms with van der Waals surface area (Å²) in [5.41, 5.74) is 1.67. The minimum atomic E-state index is -4.38. The monoisotopic (exact) mass is 369 g/mol. The molecule has 1 N–H and O–H groups in total. The SMILES string of the molecule is O=C(Cc1ccc(C(F)(F)F)cc1)NC(c1ccccc1)c1ccccc1. The third-order valence-electron chi connectivity index (χ3n) is 4.22. The van der Waals surface area contributed by atoms with Gasteiger partial charge < -0.3 is 5.32 Å². The number of carbonyl (C=O) groups excluding carboxylic acids is 1. The van der Waals surface area contributed by atoms with Crippen LogP contribution in [0.1, 0.15) is 28.3 Å². The van der Waals surface area contributed by atoms with E-state index in [1.54, 1.807) is 0 Å². The molecule has 0 spiro atoms. The summed E-state index contributed by atoms with van der Waals surface area (Å²) in [6.07, 6.45) is -4.37. The minimum absolute atomic E-state index is 0.00824. The lowest BCUT2D eigenvalue weighted by molar-refractivity contribution is -0.137. The molecule has 0 aliphatic rings. The van der Waals surface area contributed by atoms with E-state index < -0.39 is 11.7 Å². The zero-order valence-electron chi connectivity index (χ0n) is 14.4. The predicted octanol–water partition coefficient (Wildman–Crippen LogP) is 5.15. The highest BCUT2D eigenvalue weighted by molar-refractivity contribution is 5.79. The third kappa shape index (κ3) is 4.97. The highest BCUT2D eigenvalue weighted by atomic mass is 19.4. The number of amides is 1. The molecule has 0 bridgehead atoms. The van der Waals surface area contributed by atoms with E-state index in [1.807, 2.05) is 60.7 Å². The highest BCUT2D eigenvalue weighted by Crippen LogP contribution is 2.29.